The predicted molar refractivity (Wildman–Crippen MR) is 46.0 cm³/mol. The van der Waals surface area contributed by atoms with Gasteiger partial charge < -0.3 is 15.2 Å². The van der Waals surface area contributed by atoms with Crippen LogP contribution in [-0.4, -0.2) is 43.7 Å². The fraction of sp³-hybridized carbons (Fsp3) is 1.00. The third-order valence-corrected chi connectivity index (χ3v) is 1.92. The lowest BCUT2D eigenvalue weighted by Gasteiger charge is -2.18. The number of hydrogen-bond acceptors (Lipinski definition) is 3. The number of rotatable bonds is 6. The molecule has 0 heterocycles. The van der Waals surface area contributed by atoms with Crippen molar-refractivity contribution in [1.82, 2.24) is 5.32 Å². The first-order valence-electron chi connectivity index (χ1n) is 4.38. The molecular formula is C8H16F3NO2. The van der Waals surface area contributed by atoms with Crippen LogP contribution in [0.2, 0.25) is 0 Å². The monoisotopic (exact) mass is 215 g/mol. The Bertz CT molecular complexity index is 148. The summed E-state index contributed by atoms with van der Waals surface area (Å²) in [4.78, 5) is 0. The molecule has 0 aliphatic rings. The predicted octanol–water partition coefficient (Wildman–Crippen LogP) is 0.924. The van der Waals surface area contributed by atoms with E-state index in [1.54, 1.807) is 7.05 Å². The average molecular weight is 215 g/mol. The van der Waals surface area contributed by atoms with Crippen molar-refractivity contribution in [2.45, 2.75) is 31.7 Å². The van der Waals surface area contributed by atoms with Crippen molar-refractivity contribution in [3.8, 4) is 0 Å². The van der Waals surface area contributed by atoms with Gasteiger partial charge in [-0.15, -0.1) is 0 Å². The van der Waals surface area contributed by atoms with E-state index in [0.717, 1.165) is 6.92 Å². The molecule has 0 fully saturated rings. The summed E-state index contributed by atoms with van der Waals surface area (Å²) in [7, 11) is 1.63. The minimum Gasteiger partial charge on any atom is -0.395 e. The highest BCUT2D eigenvalue weighted by molar-refractivity contribution is 4.64. The lowest BCUT2D eigenvalue weighted by Crippen LogP contribution is -2.33. The Morgan fingerprint density at radius 2 is 2.00 bits per heavy atom. The number of nitrogens with one attached hydrogen (secondary N) is 1. The first-order chi connectivity index (χ1) is 6.41. The largest absolute Gasteiger partial charge is 0.414 e. The molecule has 6 heteroatoms. The summed E-state index contributed by atoms with van der Waals surface area (Å²) in [6, 6.07) is -0.213. The highest BCUT2D eigenvalue weighted by atomic mass is 19.4. The molecule has 2 unspecified atom stereocenters. The molecule has 2 N–H and O–H groups in total. The lowest BCUT2D eigenvalue weighted by atomic mass is 10.2. The summed E-state index contributed by atoms with van der Waals surface area (Å²) < 4.78 is 40.4. The maximum absolute atomic E-state index is 11.9. The first-order valence-corrected chi connectivity index (χ1v) is 4.38. The molecule has 0 saturated carbocycles. The van der Waals surface area contributed by atoms with Crippen molar-refractivity contribution in [2.24, 2.45) is 0 Å². The van der Waals surface area contributed by atoms with Crippen LogP contribution in [0.25, 0.3) is 0 Å². The third kappa shape index (κ3) is 5.41. The van der Waals surface area contributed by atoms with Gasteiger partial charge in [-0.25, -0.2) is 0 Å². The lowest BCUT2D eigenvalue weighted by molar-refractivity contribution is -0.214. The second-order valence-corrected chi connectivity index (χ2v) is 3.01. The highest BCUT2D eigenvalue weighted by Gasteiger charge is 2.36. The van der Waals surface area contributed by atoms with Gasteiger partial charge in [-0.05, 0) is 20.4 Å². The number of alkyl halides is 3. The second-order valence-electron chi connectivity index (χ2n) is 3.01. The molecule has 0 amide bonds. The van der Waals surface area contributed by atoms with E-state index in [4.69, 9.17) is 5.11 Å². The Morgan fingerprint density at radius 3 is 2.36 bits per heavy atom. The van der Waals surface area contributed by atoms with Gasteiger partial charge in [0.25, 0.3) is 0 Å². The maximum Gasteiger partial charge on any atom is 0.414 e. The summed E-state index contributed by atoms with van der Waals surface area (Å²) in [5.41, 5.74) is 0. The van der Waals surface area contributed by atoms with Crippen LogP contribution in [0.3, 0.4) is 0 Å². The van der Waals surface area contributed by atoms with E-state index in [1.165, 1.54) is 0 Å². The Hall–Kier alpha value is -0.330. The number of aliphatic hydroxyl groups is 1. The highest BCUT2D eigenvalue weighted by Crippen LogP contribution is 2.22. The van der Waals surface area contributed by atoms with Gasteiger partial charge in [0.15, 0.2) is 6.10 Å². The molecule has 0 aliphatic carbocycles. The SMILES string of the molecule is CNC(CO)CCOC(C)C(F)(F)F. The normalized spacial score (nSPS) is 16.7. The van der Waals surface area contributed by atoms with Gasteiger partial charge in [-0.1, -0.05) is 0 Å². The molecule has 0 aromatic carbocycles. The number of halogens is 3. The maximum atomic E-state index is 11.9. The first kappa shape index (κ1) is 13.7. The van der Waals surface area contributed by atoms with Gasteiger partial charge >= 0.3 is 6.18 Å². The van der Waals surface area contributed by atoms with E-state index in [2.05, 4.69) is 10.1 Å². The Kier molecular flexibility index (Phi) is 6.06. The van der Waals surface area contributed by atoms with Crippen molar-refractivity contribution in [3.05, 3.63) is 0 Å². The van der Waals surface area contributed by atoms with Gasteiger partial charge in [0.05, 0.1) is 6.61 Å². The summed E-state index contributed by atoms with van der Waals surface area (Å²) in [6.07, 6.45) is -5.71. The van der Waals surface area contributed by atoms with Gasteiger partial charge in [0.1, 0.15) is 0 Å². The molecule has 86 valence electrons. The fourth-order valence-corrected chi connectivity index (χ4v) is 0.808. The summed E-state index contributed by atoms with van der Waals surface area (Å²) in [5.74, 6) is 0. The molecule has 0 aromatic rings. The van der Waals surface area contributed by atoms with Crippen LogP contribution in [0.15, 0.2) is 0 Å². The van der Waals surface area contributed by atoms with Crippen LogP contribution in [0.4, 0.5) is 13.2 Å². The van der Waals surface area contributed by atoms with E-state index in [1.807, 2.05) is 0 Å². The van der Waals surface area contributed by atoms with Crippen LogP contribution >= 0.6 is 0 Å². The van der Waals surface area contributed by atoms with Crippen LogP contribution in [-0.2, 0) is 4.74 Å². The number of ether oxygens (including phenoxy) is 1. The number of likely N-dealkylation sites (N-methyl/N-ethyl adjacent to an activating group) is 1. The van der Waals surface area contributed by atoms with Crippen molar-refractivity contribution in [1.29, 1.82) is 0 Å². The number of hydrogen-bond donors (Lipinski definition) is 2. The van der Waals surface area contributed by atoms with Crippen LogP contribution in [0.5, 0.6) is 0 Å². The quantitative estimate of drug-likeness (QED) is 0.692. The Labute approximate surface area is 81.2 Å². The van der Waals surface area contributed by atoms with E-state index in [-0.39, 0.29) is 19.3 Å². The molecule has 0 aromatic heterocycles. The zero-order valence-corrected chi connectivity index (χ0v) is 8.27. The van der Waals surface area contributed by atoms with Crippen molar-refractivity contribution in [2.75, 3.05) is 20.3 Å². The molecule has 0 bridgehead atoms. The van der Waals surface area contributed by atoms with Crippen LogP contribution < -0.4 is 5.32 Å². The molecule has 0 spiro atoms. The summed E-state index contributed by atoms with van der Waals surface area (Å²) in [6.45, 7) is 0.834. The Balaban J connectivity index is 3.63. The standard InChI is InChI=1S/C8H16F3NO2/c1-6(8(9,10)11)14-4-3-7(5-13)12-2/h6-7,12-13H,3-5H2,1-2H3. The number of aliphatic hydroxyl groups excluding tert-OH is 1. The van der Waals surface area contributed by atoms with Gasteiger partial charge in [0.2, 0.25) is 0 Å². The van der Waals surface area contributed by atoms with Crippen molar-refractivity contribution in [3.63, 3.8) is 0 Å². The van der Waals surface area contributed by atoms with Gasteiger partial charge in [-0.2, -0.15) is 13.2 Å². The molecule has 0 aliphatic heterocycles. The average Bonchev–Trinajstić information content (AvgIpc) is 2.10. The van der Waals surface area contributed by atoms with Gasteiger partial charge in [0, 0.05) is 12.6 Å². The van der Waals surface area contributed by atoms with E-state index in [0.29, 0.717) is 6.42 Å². The van der Waals surface area contributed by atoms with Gasteiger partial charge in [-0.3, -0.25) is 0 Å². The second kappa shape index (κ2) is 6.21. The molecule has 14 heavy (non-hydrogen) atoms. The molecule has 0 saturated heterocycles. The van der Waals surface area contributed by atoms with E-state index >= 15 is 0 Å². The van der Waals surface area contributed by atoms with Crippen LogP contribution in [0, 0.1) is 0 Å². The van der Waals surface area contributed by atoms with Crippen molar-refractivity contribution >= 4 is 0 Å². The Morgan fingerprint density at radius 1 is 1.43 bits per heavy atom. The van der Waals surface area contributed by atoms with E-state index < -0.39 is 12.3 Å². The van der Waals surface area contributed by atoms with Crippen molar-refractivity contribution < 1.29 is 23.0 Å². The summed E-state index contributed by atoms with van der Waals surface area (Å²) in [5, 5.41) is 11.5. The zero-order valence-electron chi connectivity index (χ0n) is 8.27. The minimum absolute atomic E-state index is 0.0211. The zero-order chi connectivity index (χ0) is 11.2. The third-order valence-electron chi connectivity index (χ3n) is 1.92. The molecule has 0 radical (unpaired) electrons. The smallest absolute Gasteiger partial charge is 0.395 e. The molecule has 3 nitrogen and oxygen atoms in total. The van der Waals surface area contributed by atoms with E-state index in [9.17, 15) is 13.2 Å². The van der Waals surface area contributed by atoms with Crippen LogP contribution in [0.1, 0.15) is 13.3 Å². The minimum atomic E-state index is -4.31. The summed E-state index contributed by atoms with van der Waals surface area (Å²) >= 11 is 0. The molecular weight excluding hydrogens is 199 g/mol. The topological polar surface area (TPSA) is 41.5 Å². The molecule has 2 atom stereocenters. The molecule has 0 rings (SSSR count). The fourth-order valence-electron chi connectivity index (χ4n) is 0.808.